The van der Waals surface area contributed by atoms with Crippen LogP contribution in [0.4, 0.5) is 11.4 Å². The van der Waals surface area contributed by atoms with E-state index in [1.54, 1.807) is 11.3 Å². The molecule has 0 saturated carbocycles. The van der Waals surface area contributed by atoms with Crippen LogP contribution in [0.15, 0.2) is 59.1 Å². The van der Waals surface area contributed by atoms with Crippen molar-refractivity contribution in [2.45, 2.75) is 17.9 Å². The number of aromatic nitrogens is 2. The first-order valence-electron chi connectivity index (χ1n) is 9.19. The molecule has 1 saturated heterocycles. The highest BCUT2D eigenvalue weighted by Gasteiger charge is 2.05. The lowest BCUT2D eigenvalue weighted by atomic mass is 10.2. The van der Waals surface area contributed by atoms with Gasteiger partial charge in [0.15, 0.2) is 0 Å². The molecule has 1 aliphatic rings. The molecule has 144 valence electrons. The molecule has 1 fully saturated rings. The molecule has 2 aromatic carbocycles. The average molecular weight is 411 g/mol. The molecule has 5 nitrogen and oxygen atoms in total. The number of thiazole rings is 1. The summed E-state index contributed by atoms with van der Waals surface area (Å²) in [5.74, 6) is 0. The normalized spacial score (nSPS) is 16.6. The van der Waals surface area contributed by atoms with Crippen LogP contribution < -0.4 is 10.6 Å². The largest absolute Gasteiger partial charge is 0.376 e. The minimum Gasteiger partial charge on any atom is -0.376 e. The van der Waals surface area contributed by atoms with E-state index in [0.717, 1.165) is 52.4 Å². The van der Waals surface area contributed by atoms with Gasteiger partial charge >= 0.3 is 0 Å². The molecular formula is C21H22N4OS2. The van der Waals surface area contributed by atoms with Gasteiger partial charge in [-0.15, -0.1) is 24.0 Å². The van der Waals surface area contributed by atoms with Crippen molar-refractivity contribution in [3.8, 4) is 0 Å². The molecule has 3 heterocycles. The Balaban J connectivity index is 0.000000233. The van der Waals surface area contributed by atoms with Gasteiger partial charge in [0.1, 0.15) is 0 Å². The maximum absolute atomic E-state index is 5.22. The summed E-state index contributed by atoms with van der Waals surface area (Å²) in [5, 5.41) is 7.71. The van der Waals surface area contributed by atoms with E-state index in [0.29, 0.717) is 6.10 Å². The van der Waals surface area contributed by atoms with Crippen LogP contribution >= 0.6 is 24.0 Å². The van der Waals surface area contributed by atoms with Crippen molar-refractivity contribution in [2.75, 3.05) is 25.0 Å². The number of benzene rings is 2. The Morgan fingerprint density at radius 2 is 2.07 bits per heavy atom. The van der Waals surface area contributed by atoms with Crippen LogP contribution in [0, 0.1) is 0 Å². The monoisotopic (exact) mass is 410 g/mol. The number of nitrogens with one attached hydrogen (secondary N) is 2. The van der Waals surface area contributed by atoms with E-state index in [1.807, 2.05) is 36.0 Å². The second kappa shape index (κ2) is 8.87. The number of ether oxygens (including phenoxy) is 1. The maximum Gasteiger partial charge on any atom is 0.0832 e. The van der Waals surface area contributed by atoms with E-state index < -0.39 is 0 Å². The highest BCUT2D eigenvalue weighted by atomic mass is 32.1. The van der Waals surface area contributed by atoms with Crippen LogP contribution in [0.2, 0.25) is 0 Å². The number of hydrogen-bond donors (Lipinski definition) is 3. The predicted molar refractivity (Wildman–Crippen MR) is 120 cm³/mol. The van der Waals surface area contributed by atoms with E-state index in [2.05, 4.69) is 58.4 Å². The summed E-state index contributed by atoms with van der Waals surface area (Å²) in [6.07, 6.45) is 2.23. The SMILES string of the molecule is CC1CNCCO1.Sc1ccc2nccc(Nc3ccc4scnc4c3)c2c1. The van der Waals surface area contributed by atoms with E-state index >= 15 is 0 Å². The van der Waals surface area contributed by atoms with Crippen molar-refractivity contribution in [3.63, 3.8) is 0 Å². The first kappa shape index (κ1) is 19.1. The standard InChI is InChI=1S/C16H11N3S2.C5H11NO/c20-11-2-3-13-12(8-11)14(5-6-17-13)19-10-1-4-16-15(7-10)18-9-21-16;1-5-4-6-2-3-7-5/h1-9,20H,(H,17,19);5-6H,2-4H2,1H3. The quantitative estimate of drug-likeness (QED) is 0.412. The van der Waals surface area contributed by atoms with Crippen molar-refractivity contribution in [3.05, 3.63) is 54.2 Å². The van der Waals surface area contributed by atoms with Gasteiger partial charge in [0.2, 0.25) is 0 Å². The zero-order valence-electron chi connectivity index (χ0n) is 15.6. The fourth-order valence-electron chi connectivity index (χ4n) is 3.03. The first-order chi connectivity index (χ1) is 13.7. The first-order valence-corrected chi connectivity index (χ1v) is 10.5. The molecule has 0 aliphatic carbocycles. The Hall–Kier alpha value is -2.19. The molecule has 0 amide bonds. The molecule has 28 heavy (non-hydrogen) atoms. The molecule has 2 N–H and O–H groups in total. The molecule has 4 aromatic rings. The third-order valence-electron chi connectivity index (χ3n) is 4.45. The molecule has 1 atom stereocenters. The maximum atomic E-state index is 5.22. The van der Waals surface area contributed by atoms with Gasteiger partial charge in [-0.05, 0) is 49.4 Å². The predicted octanol–water partition coefficient (Wildman–Crippen LogP) is 4.87. The zero-order valence-corrected chi connectivity index (χ0v) is 17.3. The number of pyridine rings is 1. The van der Waals surface area contributed by atoms with Crippen molar-refractivity contribution in [1.82, 2.24) is 15.3 Å². The molecule has 0 spiro atoms. The highest BCUT2D eigenvalue weighted by Crippen LogP contribution is 2.29. The van der Waals surface area contributed by atoms with Crippen molar-refractivity contribution >= 4 is 56.5 Å². The summed E-state index contributed by atoms with van der Waals surface area (Å²) in [6, 6.07) is 14.1. The summed E-state index contributed by atoms with van der Waals surface area (Å²) in [5.41, 5.74) is 5.87. The van der Waals surface area contributed by atoms with Crippen LogP contribution in [0.1, 0.15) is 6.92 Å². The summed E-state index contributed by atoms with van der Waals surface area (Å²) in [7, 11) is 0. The number of thiol groups is 1. The van der Waals surface area contributed by atoms with Crippen LogP contribution in [0.3, 0.4) is 0 Å². The Kier molecular flexibility index (Phi) is 6.07. The molecule has 1 aliphatic heterocycles. The lowest BCUT2D eigenvalue weighted by Crippen LogP contribution is -2.36. The molecule has 0 radical (unpaired) electrons. The van der Waals surface area contributed by atoms with Gasteiger partial charge in [0.05, 0.1) is 34.0 Å². The van der Waals surface area contributed by atoms with Gasteiger partial charge in [-0.3, -0.25) is 4.98 Å². The minimum atomic E-state index is 0.425. The summed E-state index contributed by atoms with van der Waals surface area (Å²) >= 11 is 6.06. The van der Waals surface area contributed by atoms with Gasteiger partial charge in [-0.1, -0.05) is 0 Å². The highest BCUT2D eigenvalue weighted by molar-refractivity contribution is 7.80. The summed E-state index contributed by atoms with van der Waals surface area (Å²) in [4.78, 5) is 9.66. The van der Waals surface area contributed by atoms with Crippen LogP contribution in [-0.4, -0.2) is 35.8 Å². The number of rotatable bonds is 2. The Bertz CT molecular complexity index is 1080. The van der Waals surface area contributed by atoms with Gasteiger partial charge in [-0.2, -0.15) is 0 Å². The van der Waals surface area contributed by atoms with E-state index in [-0.39, 0.29) is 0 Å². The van der Waals surface area contributed by atoms with E-state index in [4.69, 9.17) is 4.74 Å². The van der Waals surface area contributed by atoms with E-state index in [9.17, 15) is 0 Å². The third-order valence-corrected chi connectivity index (χ3v) is 5.54. The second-order valence-electron chi connectivity index (χ2n) is 6.61. The number of morpholine rings is 1. The number of nitrogens with zero attached hydrogens (tertiary/aromatic N) is 2. The number of fused-ring (bicyclic) bond motifs is 2. The fourth-order valence-corrected chi connectivity index (χ4v) is 3.89. The molecule has 0 bridgehead atoms. The second-order valence-corrected chi connectivity index (χ2v) is 8.01. The van der Waals surface area contributed by atoms with Crippen LogP contribution in [0.25, 0.3) is 21.1 Å². The van der Waals surface area contributed by atoms with Crippen molar-refractivity contribution < 1.29 is 4.74 Å². The van der Waals surface area contributed by atoms with Gasteiger partial charge in [-0.25, -0.2) is 4.98 Å². The van der Waals surface area contributed by atoms with E-state index in [1.165, 1.54) is 4.70 Å². The van der Waals surface area contributed by atoms with Crippen molar-refractivity contribution in [1.29, 1.82) is 0 Å². The smallest absolute Gasteiger partial charge is 0.0832 e. The minimum absolute atomic E-state index is 0.425. The Morgan fingerprint density at radius 3 is 2.86 bits per heavy atom. The Morgan fingerprint density at radius 1 is 1.14 bits per heavy atom. The molecule has 5 rings (SSSR count). The fraction of sp³-hybridized carbons (Fsp3) is 0.238. The Labute approximate surface area is 173 Å². The summed E-state index contributed by atoms with van der Waals surface area (Å²) in [6.45, 7) is 4.98. The topological polar surface area (TPSA) is 59.1 Å². The third kappa shape index (κ3) is 4.62. The number of anilines is 2. The molecule has 2 aromatic heterocycles. The lowest BCUT2D eigenvalue weighted by molar-refractivity contribution is 0.0410. The molecule has 7 heteroatoms. The molecular weight excluding hydrogens is 388 g/mol. The van der Waals surface area contributed by atoms with Gasteiger partial charge < -0.3 is 15.4 Å². The van der Waals surface area contributed by atoms with Crippen molar-refractivity contribution in [2.24, 2.45) is 0 Å². The molecule has 1 unspecified atom stereocenters. The van der Waals surface area contributed by atoms with Crippen LogP contribution in [-0.2, 0) is 4.74 Å². The van der Waals surface area contributed by atoms with Gasteiger partial charge in [0, 0.05) is 40.9 Å². The number of hydrogen-bond acceptors (Lipinski definition) is 7. The van der Waals surface area contributed by atoms with Gasteiger partial charge in [0.25, 0.3) is 0 Å². The van der Waals surface area contributed by atoms with Crippen LogP contribution in [0.5, 0.6) is 0 Å². The average Bonchev–Trinajstić information content (AvgIpc) is 3.17. The summed E-state index contributed by atoms with van der Waals surface area (Å²) < 4.78 is 6.41. The zero-order chi connectivity index (χ0) is 19.3. The lowest BCUT2D eigenvalue weighted by Gasteiger charge is -2.18.